The molecular formula is C20H21NO4S. The highest BCUT2D eigenvalue weighted by atomic mass is 32.1. The lowest BCUT2D eigenvalue weighted by Crippen LogP contribution is -2.41. The van der Waals surface area contributed by atoms with E-state index in [0.717, 1.165) is 25.7 Å². The zero-order chi connectivity index (χ0) is 18.5. The molecule has 136 valence electrons. The Morgan fingerprint density at radius 3 is 2.42 bits per heavy atom. The number of amides is 1. The van der Waals surface area contributed by atoms with Crippen LogP contribution in [-0.2, 0) is 9.53 Å². The lowest BCUT2D eigenvalue weighted by Gasteiger charge is -2.17. The van der Waals surface area contributed by atoms with Gasteiger partial charge in [-0.15, -0.1) is 11.3 Å². The van der Waals surface area contributed by atoms with Gasteiger partial charge in [-0.2, -0.15) is 0 Å². The summed E-state index contributed by atoms with van der Waals surface area (Å²) in [5, 5.41) is 4.72. The number of carbonyl (C=O) groups is 3. The third kappa shape index (κ3) is 4.19. The molecule has 1 saturated carbocycles. The van der Waals surface area contributed by atoms with Gasteiger partial charge in [0.2, 0.25) is 5.78 Å². The van der Waals surface area contributed by atoms with Gasteiger partial charge in [0.25, 0.3) is 5.91 Å². The van der Waals surface area contributed by atoms with Crippen LogP contribution in [0, 0.1) is 0 Å². The van der Waals surface area contributed by atoms with E-state index in [9.17, 15) is 14.4 Å². The van der Waals surface area contributed by atoms with Gasteiger partial charge in [-0.3, -0.25) is 9.59 Å². The maximum Gasteiger partial charge on any atom is 0.339 e. The predicted octanol–water partition coefficient (Wildman–Crippen LogP) is 3.58. The summed E-state index contributed by atoms with van der Waals surface area (Å²) in [4.78, 5) is 37.9. The number of nitrogens with one attached hydrogen (secondary N) is 1. The Labute approximate surface area is 156 Å². The normalized spacial score (nSPS) is 15.4. The molecule has 26 heavy (non-hydrogen) atoms. The zero-order valence-corrected chi connectivity index (χ0v) is 15.4. The van der Waals surface area contributed by atoms with Crippen molar-refractivity contribution in [3.63, 3.8) is 0 Å². The Morgan fingerprint density at radius 1 is 1.08 bits per heavy atom. The van der Waals surface area contributed by atoms with Crippen molar-refractivity contribution >= 4 is 29.0 Å². The minimum atomic E-state index is -0.909. The van der Waals surface area contributed by atoms with Crippen molar-refractivity contribution in [1.29, 1.82) is 0 Å². The van der Waals surface area contributed by atoms with E-state index in [2.05, 4.69) is 5.32 Å². The Balaban J connectivity index is 1.69. The average molecular weight is 371 g/mol. The topological polar surface area (TPSA) is 72.5 Å². The zero-order valence-electron chi connectivity index (χ0n) is 14.6. The smallest absolute Gasteiger partial charge is 0.339 e. The van der Waals surface area contributed by atoms with E-state index in [0.29, 0.717) is 4.88 Å². The van der Waals surface area contributed by atoms with Gasteiger partial charge in [0.15, 0.2) is 6.10 Å². The van der Waals surface area contributed by atoms with E-state index in [4.69, 9.17) is 4.74 Å². The lowest BCUT2D eigenvalue weighted by molar-refractivity contribution is -0.129. The predicted molar refractivity (Wildman–Crippen MR) is 99.5 cm³/mol. The minimum Gasteiger partial charge on any atom is -0.449 e. The van der Waals surface area contributed by atoms with E-state index < -0.39 is 12.1 Å². The van der Waals surface area contributed by atoms with Crippen LogP contribution < -0.4 is 5.32 Å². The lowest BCUT2D eigenvalue weighted by atomic mass is 10.0. The molecule has 0 saturated heterocycles. The number of carbonyl (C=O) groups excluding carboxylic acids is 3. The maximum atomic E-state index is 12.6. The van der Waals surface area contributed by atoms with Crippen molar-refractivity contribution in [2.45, 2.75) is 44.8 Å². The van der Waals surface area contributed by atoms with Crippen LogP contribution in [0.2, 0.25) is 0 Å². The first kappa shape index (κ1) is 18.3. The molecular weight excluding hydrogens is 350 g/mol. The van der Waals surface area contributed by atoms with Gasteiger partial charge in [0.1, 0.15) is 0 Å². The number of esters is 1. The molecule has 2 aromatic rings. The van der Waals surface area contributed by atoms with E-state index >= 15 is 0 Å². The fourth-order valence-corrected chi connectivity index (χ4v) is 3.74. The highest BCUT2D eigenvalue weighted by Crippen LogP contribution is 2.20. The molecule has 1 N–H and O–H groups in total. The highest BCUT2D eigenvalue weighted by molar-refractivity contribution is 7.12. The Morgan fingerprint density at radius 2 is 1.77 bits per heavy atom. The first-order valence-electron chi connectivity index (χ1n) is 8.75. The number of hydrogen-bond acceptors (Lipinski definition) is 5. The fraction of sp³-hybridized carbons (Fsp3) is 0.350. The number of thiophene rings is 1. The summed E-state index contributed by atoms with van der Waals surface area (Å²) < 4.78 is 5.32. The van der Waals surface area contributed by atoms with E-state index in [1.54, 1.807) is 43.3 Å². The van der Waals surface area contributed by atoms with Crippen LogP contribution in [0.3, 0.4) is 0 Å². The third-order valence-corrected chi connectivity index (χ3v) is 5.36. The Bertz CT molecular complexity index is 794. The van der Waals surface area contributed by atoms with Crippen molar-refractivity contribution < 1.29 is 19.1 Å². The first-order chi connectivity index (χ1) is 12.6. The number of ketones is 1. The molecule has 3 rings (SSSR count). The molecule has 0 radical (unpaired) electrons. The summed E-state index contributed by atoms with van der Waals surface area (Å²) in [6, 6.07) is 10.2. The van der Waals surface area contributed by atoms with Crippen LogP contribution in [-0.4, -0.2) is 29.8 Å². The first-order valence-corrected chi connectivity index (χ1v) is 9.63. The summed E-state index contributed by atoms with van der Waals surface area (Å²) in [7, 11) is 0. The number of benzene rings is 1. The van der Waals surface area contributed by atoms with Gasteiger partial charge in [-0.1, -0.05) is 37.1 Å². The molecule has 1 aliphatic rings. The Kier molecular flexibility index (Phi) is 5.83. The second-order valence-electron chi connectivity index (χ2n) is 6.39. The molecule has 5 nitrogen and oxygen atoms in total. The van der Waals surface area contributed by atoms with E-state index in [-0.39, 0.29) is 28.9 Å². The van der Waals surface area contributed by atoms with Crippen LogP contribution in [0.1, 0.15) is 58.2 Å². The number of rotatable bonds is 6. The van der Waals surface area contributed by atoms with Gasteiger partial charge in [0.05, 0.1) is 10.4 Å². The van der Waals surface area contributed by atoms with Crippen molar-refractivity contribution in [3.05, 3.63) is 57.8 Å². The molecule has 0 aliphatic heterocycles. The maximum absolute atomic E-state index is 12.6. The Hall–Kier alpha value is -2.47. The molecule has 1 amide bonds. The second kappa shape index (κ2) is 8.27. The average Bonchev–Trinajstić information content (AvgIpc) is 3.34. The van der Waals surface area contributed by atoms with Crippen LogP contribution >= 0.6 is 11.3 Å². The molecule has 1 aromatic heterocycles. The molecule has 0 spiro atoms. The van der Waals surface area contributed by atoms with Crippen LogP contribution in [0.15, 0.2) is 41.8 Å². The standard InChI is InChI=1S/C20H21NO4S/c1-13(19(23)21-14-7-2-3-8-14)25-20(24)16-10-5-4-9-15(16)18(22)17-11-6-12-26-17/h4-6,9-14H,2-3,7-8H2,1H3,(H,21,23). The molecule has 1 heterocycles. The minimum absolute atomic E-state index is 0.163. The van der Waals surface area contributed by atoms with E-state index in [1.807, 2.05) is 5.38 Å². The third-order valence-electron chi connectivity index (χ3n) is 4.49. The van der Waals surface area contributed by atoms with Crippen LogP contribution in [0.5, 0.6) is 0 Å². The fourth-order valence-electron chi connectivity index (χ4n) is 3.07. The summed E-state index contributed by atoms with van der Waals surface area (Å²) in [5.74, 6) is -1.19. The van der Waals surface area contributed by atoms with Gasteiger partial charge < -0.3 is 10.1 Å². The SMILES string of the molecule is CC(OC(=O)c1ccccc1C(=O)c1cccs1)C(=O)NC1CCCC1. The molecule has 1 fully saturated rings. The van der Waals surface area contributed by atoms with Gasteiger partial charge in [-0.25, -0.2) is 4.79 Å². The van der Waals surface area contributed by atoms with Gasteiger partial charge >= 0.3 is 5.97 Å². The number of hydrogen-bond donors (Lipinski definition) is 1. The summed E-state index contributed by atoms with van der Waals surface area (Å²) in [6.45, 7) is 1.55. The summed E-state index contributed by atoms with van der Waals surface area (Å²) in [6.07, 6.45) is 3.23. The number of ether oxygens (including phenoxy) is 1. The molecule has 1 aliphatic carbocycles. The van der Waals surface area contributed by atoms with Crippen molar-refractivity contribution in [2.24, 2.45) is 0 Å². The van der Waals surface area contributed by atoms with Crippen LogP contribution in [0.25, 0.3) is 0 Å². The van der Waals surface area contributed by atoms with E-state index in [1.165, 1.54) is 11.3 Å². The van der Waals surface area contributed by atoms with Crippen molar-refractivity contribution in [1.82, 2.24) is 5.32 Å². The molecule has 6 heteroatoms. The molecule has 1 aromatic carbocycles. The van der Waals surface area contributed by atoms with Crippen molar-refractivity contribution in [3.8, 4) is 0 Å². The quantitative estimate of drug-likeness (QED) is 0.622. The van der Waals surface area contributed by atoms with Gasteiger partial charge in [-0.05, 0) is 37.3 Å². The molecule has 0 bridgehead atoms. The molecule has 1 unspecified atom stereocenters. The highest BCUT2D eigenvalue weighted by Gasteiger charge is 2.25. The van der Waals surface area contributed by atoms with Gasteiger partial charge in [0, 0.05) is 11.6 Å². The molecule has 1 atom stereocenters. The largest absolute Gasteiger partial charge is 0.449 e. The monoisotopic (exact) mass is 371 g/mol. The summed E-state index contributed by atoms with van der Waals surface area (Å²) >= 11 is 1.32. The van der Waals surface area contributed by atoms with Crippen molar-refractivity contribution in [2.75, 3.05) is 0 Å². The summed E-state index contributed by atoms with van der Waals surface area (Å²) in [5.41, 5.74) is 0.453. The van der Waals surface area contributed by atoms with Crippen LogP contribution in [0.4, 0.5) is 0 Å². The second-order valence-corrected chi connectivity index (χ2v) is 7.34.